The van der Waals surface area contributed by atoms with Gasteiger partial charge in [0.1, 0.15) is 12.4 Å². The van der Waals surface area contributed by atoms with Gasteiger partial charge in [0.25, 0.3) is 0 Å². The molecule has 0 bridgehead atoms. The molecule has 0 saturated heterocycles. The smallest absolute Gasteiger partial charge is 0.240 e. The van der Waals surface area contributed by atoms with Crippen molar-refractivity contribution in [1.29, 1.82) is 0 Å². The second-order valence-corrected chi connectivity index (χ2v) is 5.87. The summed E-state index contributed by atoms with van der Waals surface area (Å²) in [6.07, 6.45) is 0.600. The number of carbonyl (C=O) groups is 2. The molecule has 0 fully saturated rings. The minimum Gasteiger partial charge on any atom is -0.493 e. The monoisotopic (exact) mass is 374 g/mol. The average molecular weight is 374 g/mol. The van der Waals surface area contributed by atoms with E-state index < -0.39 is 5.82 Å². The second kappa shape index (κ2) is 9.56. The molecule has 0 aliphatic heterocycles. The molecule has 7 heteroatoms. The van der Waals surface area contributed by atoms with Crippen molar-refractivity contribution in [2.45, 2.75) is 13.3 Å². The first-order valence-electron chi connectivity index (χ1n) is 8.46. The summed E-state index contributed by atoms with van der Waals surface area (Å²) in [6.45, 7) is 1.64. The molecule has 0 saturated carbocycles. The third-order valence-corrected chi connectivity index (χ3v) is 4.00. The average Bonchev–Trinajstić information content (AvgIpc) is 2.66. The number of nitrogens with one attached hydrogen (secondary N) is 1. The molecule has 0 unspecified atom stereocenters. The number of amides is 2. The highest BCUT2D eigenvalue weighted by atomic mass is 19.1. The van der Waals surface area contributed by atoms with Gasteiger partial charge in [0.15, 0.2) is 11.5 Å². The number of carbonyl (C=O) groups excluding carboxylic acids is 2. The maximum absolute atomic E-state index is 13.0. The van der Waals surface area contributed by atoms with Crippen molar-refractivity contribution in [2.24, 2.45) is 0 Å². The van der Waals surface area contributed by atoms with E-state index >= 15 is 0 Å². The van der Waals surface area contributed by atoms with E-state index in [0.717, 1.165) is 5.56 Å². The zero-order valence-corrected chi connectivity index (χ0v) is 15.6. The fourth-order valence-electron chi connectivity index (χ4n) is 2.59. The molecule has 2 aromatic rings. The lowest BCUT2D eigenvalue weighted by atomic mass is 10.1. The van der Waals surface area contributed by atoms with Crippen LogP contribution in [0.4, 0.5) is 10.1 Å². The molecule has 0 aliphatic rings. The Kier molecular flexibility index (Phi) is 7.16. The van der Waals surface area contributed by atoms with E-state index in [4.69, 9.17) is 9.47 Å². The van der Waals surface area contributed by atoms with Gasteiger partial charge in [-0.05, 0) is 48.4 Å². The van der Waals surface area contributed by atoms with E-state index in [0.29, 0.717) is 30.2 Å². The minimum absolute atomic E-state index is 0.132. The molecule has 0 atom stereocenters. The van der Waals surface area contributed by atoms with Crippen molar-refractivity contribution in [1.82, 2.24) is 5.32 Å². The van der Waals surface area contributed by atoms with E-state index in [-0.39, 0.29) is 18.4 Å². The number of benzene rings is 2. The zero-order valence-electron chi connectivity index (χ0n) is 15.6. The fraction of sp³-hybridized carbons (Fsp3) is 0.300. The van der Waals surface area contributed by atoms with Gasteiger partial charge in [0, 0.05) is 19.2 Å². The summed E-state index contributed by atoms with van der Waals surface area (Å²) >= 11 is 0. The lowest BCUT2D eigenvalue weighted by molar-refractivity contribution is -0.123. The summed E-state index contributed by atoms with van der Waals surface area (Å²) in [7, 11) is 3.13. The van der Waals surface area contributed by atoms with Gasteiger partial charge in [0.05, 0.1) is 14.2 Å². The van der Waals surface area contributed by atoms with Crippen molar-refractivity contribution in [2.75, 3.05) is 32.2 Å². The Morgan fingerprint density at radius 2 is 1.70 bits per heavy atom. The number of hydrogen-bond donors (Lipinski definition) is 1. The quantitative estimate of drug-likeness (QED) is 0.771. The highest BCUT2D eigenvalue weighted by Gasteiger charge is 2.15. The number of hydrogen-bond acceptors (Lipinski definition) is 4. The molecule has 1 N–H and O–H groups in total. The summed E-state index contributed by atoms with van der Waals surface area (Å²) in [6, 6.07) is 11.0. The first kappa shape index (κ1) is 20.2. The van der Waals surface area contributed by atoms with Crippen LogP contribution in [0.1, 0.15) is 12.5 Å². The topological polar surface area (TPSA) is 67.9 Å². The van der Waals surface area contributed by atoms with E-state index in [1.54, 1.807) is 14.2 Å². The van der Waals surface area contributed by atoms with Crippen molar-refractivity contribution < 1.29 is 23.5 Å². The van der Waals surface area contributed by atoms with Crippen LogP contribution in [0.15, 0.2) is 42.5 Å². The van der Waals surface area contributed by atoms with Gasteiger partial charge in [-0.25, -0.2) is 4.39 Å². The van der Waals surface area contributed by atoms with Crippen LogP contribution in [0.2, 0.25) is 0 Å². The summed E-state index contributed by atoms with van der Waals surface area (Å²) in [5, 5.41) is 2.78. The molecule has 6 nitrogen and oxygen atoms in total. The third kappa shape index (κ3) is 5.70. The molecule has 0 radical (unpaired) electrons. The van der Waals surface area contributed by atoms with Gasteiger partial charge in [-0.1, -0.05) is 6.07 Å². The molecular formula is C20H23FN2O4. The van der Waals surface area contributed by atoms with E-state index in [1.807, 2.05) is 18.2 Å². The maximum Gasteiger partial charge on any atom is 0.240 e. The Bertz CT molecular complexity index is 793. The molecule has 2 rings (SSSR count). The number of nitrogens with zero attached hydrogens (tertiary/aromatic N) is 1. The molecule has 0 spiro atoms. The van der Waals surface area contributed by atoms with Crippen molar-refractivity contribution >= 4 is 17.5 Å². The number of rotatable bonds is 8. The standard InChI is InChI=1S/C20H23FN2O4/c1-14(24)23(17-7-5-16(21)6-8-17)13-20(25)22-11-10-15-4-9-18(26-2)19(12-15)27-3/h4-9,12H,10-11,13H2,1-3H3,(H,22,25). The van der Waals surface area contributed by atoms with Crippen LogP contribution < -0.4 is 19.7 Å². The molecule has 0 heterocycles. The van der Waals surface area contributed by atoms with Crippen LogP contribution in [0.25, 0.3) is 0 Å². The zero-order chi connectivity index (χ0) is 19.8. The Labute approximate surface area is 157 Å². The van der Waals surface area contributed by atoms with Gasteiger partial charge < -0.3 is 19.7 Å². The van der Waals surface area contributed by atoms with Crippen molar-refractivity contribution in [3.63, 3.8) is 0 Å². The SMILES string of the molecule is COc1ccc(CCNC(=O)CN(C(C)=O)c2ccc(F)cc2)cc1OC. The van der Waals surface area contributed by atoms with Gasteiger partial charge >= 0.3 is 0 Å². The molecule has 27 heavy (non-hydrogen) atoms. The lowest BCUT2D eigenvalue weighted by Crippen LogP contribution is -2.40. The molecule has 0 aliphatic carbocycles. The Hall–Kier alpha value is -3.09. The first-order chi connectivity index (χ1) is 12.9. The van der Waals surface area contributed by atoms with Crippen molar-refractivity contribution in [3.05, 3.63) is 53.8 Å². The summed E-state index contributed by atoms with van der Waals surface area (Å²) in [5.41, 5.74) is 1.45. The Morgan fingerprint density at radius 3 is 2.30 bits per heavy atom. The van der Waals surface area contributed by atoms with Crippen LogP contribution >= 0.6 is 0 Å². The molecule has 2 aromatic carbocycles. The third-order valence-electron chi connectivity index (χ3n) is 4.00. The Morgan fingerprint density at radius 1 is 1.04 bits per heavy atom. The second-order valence-electron chi connectivity index (χ2n) is 5.87. The molecular weight excluding hydrogens is 351 g/mol. The summed E-state index contributed by atoms with van der Waals surface area (Å²) < 4.78 is 23.5. The maximum atomic E-state index is 13.0. The van der Waals surface area contributed by atoms with Crippen LogP contribution in [-0.2, 0) is 16.0 Å². The summed E-state index contributed by atoms with van der Waals surface area (Å²) in [4.78, 5) is 25.3. The van der Waals surface area contributed by atoms with Crippen LogP contribution in [0, 0.1) is 5.82 Å². The van der Waals surface area contributed by atoms with Crippen LogP contribution in [0.3, 0.4) is 0 Å². The van der Waals surface area contributed by atoms with E-state index in [2.05, 4.69) is 5.32 Å². The van der Waals surface area contributed by atoms with Gasteiger partial charge in [-0.2, -0.15) is 0 Å². The fourth-order valence-corrected chi connectivity index (χ4v) is 2.59. The number of methoxy groups -OCH3 is 2. The van der Waals surface area contributed by atoms with Crippen LogP contribution in [0.5, 0.6) is 11.5 Å². The number of anilines is 1. The predicted octanol–water partition coefficient (Wildman–Crippen LogP) is 2.55. The first-order valence-corrected chi connectivity index (χ1v) is 8.46. The van der Waals surface area contributed by atoms with Crippen LogP contribution in [-0.4, -0.2) is 39.1 Å². The van der Waals surface area contributed by atoms with Gasteiger partial charge in [-0.15, -0.1) is 0 Å². The Balaban J connectivity index is 1.91. The predicted molar refractivity (Wildman–Crippen MR) is 101 cm³/mol. The molecule has 0 aromatic heterocycles. The molecule has 144 valence electrons. The lowest BCUT2D eigenvalue weighted by Gasteiger charge is -2.20. The highest BCUT2D eigenvalue weighted by molar-refractivity contribution is 5.97. The number of ether oxygens (including phenoxy) is 2. The largest absolute Gasteiger partial charge is 0.493 e. The number of halogens is 1. The highest BCUT2D eigenvalue weighted by Crippen LogP contribution is 2.27. The normalized spacial score (nSPS) is 10.2. The summed E-state index contributed by atoms with van der Waals surface area (Å²) in [5.74, 6) is 0.273. The van der Waals surface area contributed by atoms with Gasteiger partial charge in [-0.3, -0.25) is 9.59 Å². The minimum atomic E-state index is -0.401. The van der Waals surface area contributed by atoms with Gasteiger partial charge in [0.2, 0.25) is 11.8 Å². The van der Waals surface area contributed by atoms with E-state index in [1.165, 1.54) is 36.1 Å². The van der Waals surface area contributed by atoms with Crippen molar-refractivity contribution in [3.8, 4) is 11.5 Å². The molecule has 2 amide bonds. The van der Waals surface area contributed by atoms with E-state index in [9.17, 15) is 14.0 Å².